The molecule has 6 heteroatoms. The third kappa shape index (κ3) is 5.11. The van der Waals surface area contributed by atoms with Gasteiger partial charge < -0.3 is 14.8 Å². The maximum Gasteiger partial charge on any atom is 0.262 e. The average Bonchev–Trinajstić information content (AvgIpc) is 2.69. The van der Waals surface area contributed by atoms with E-state index in [1.54, 1.807) is 30.3 Å². The lowest BCUT2D eigenvalue weighted by atomic mass is 10.1. The number of halogens is 1. The minimum absolute atomic E-state index is 0.195. The Morgan fingerprint density at radius 1 is 0.929 bits per heavy atom. The van der Waals surface area contributed by atoms with Gasteiger partial charge in [-0.05, 0) is 49.4 Å². The summed E-state index contributed by atoms with van der Waals surface area (Å²) in [6.45, 7) is 1.15. The number of ketones is 1. The lowest BCUT2D eigenvalue weighted by Crippen LogP contribution is -2.21. The molecule has 0 aliphatic heterocycles. The zero-order valence-electron chi connectivity index (χ0n) is 15.1. The van der Waals surface area contributed by atoms with Crippen LogP contribution in [0.4, 0.5) is 5.69 Å². The first-order valence-corrected chi connectivity index (χ1v) is 8.96. The molecule has 0 aromatic heterocycles. The van der Waals surface area contributed by atoms with Gasteiger partial charge in [0.05, 0.1) is 11.3 Å². The molecule has 142 valence electrons. The van der Waals surface area contributed by atoms with E-state index in [1.165, 1.54) is 13.0 Å². The highest BCUT2D eigenvalue weighted by atomic mass is 35.5. The van der Waals surface area contributed by atoms with E-state index in [1.807, 2.05) is 36.4 Å². The van der Waals surface area contributed by atoms with E-state index >= 15 is 0 Å². The Hall–Kier alpha value is -3.31. The molecule has 3 aromatic carbocycles. The number of hydrogen-bond donors (Lipinski definition) is 1. The number of para-hydroxylation sites is 3. The number of benzene rings is 3. The van der Waals surface area contributed by atoms with E-state index in [0.717, 1.165) is 0 Å². The largest absolute Gasteiger partial charge is 0.483 e. The molecule has 1 N–H and O–H groups in total. The molecule has 0 spiro atoms. The standard InChI is InChI=1S/C22H18ClNO4/c1-15(25)18-13-16(23)11-12-20(18)27-14-22(26)24-19-9-5-6-10-21(19)28-17-7-3-2-4-8-17/h2-13H,14H2,1H3,(H,24,26). The van der Waals surface area contributed by atoms with Gasteiger partial charge in [-0.25, -0.2) is 0 Å². The van der Waals surface area contributed by atoms with Crippen LogP contribution in [-0.2, 0) is 4.79 Å². The second-order valence-electron chi connectivity index (χ2n) is 5.94. The third-order valence-corrected chi connectivity index (χ3v) is 4.05. The Morgan fingerprint density at radius 2 is 1.64 bits per heavy atom. The van der Waals surface area contributed by atoms with Gasteiger partial charge in [0, 0.05) is 5.02 Å². The SMILES string of the molecule is CC(=O)c1cc(Cl)ccc1OCC(=O)Nc1ccccc1Oc1ccccc1. The first kappa shape index (κ1) is 19.5. The molecule has 0 heterocycles. The van der Waals surface area contributed by atoms with Crippen LogP contribution in [0, 0.1) is 0 Å². The van der Waals surface area contributed by atoms with Crippen LogP contribution in [0.1, 0.15) is 17.3 Å². The fraction of sp³-hybridized carbons (Fsp3) is 0.0909. The second kappa shape index (κ2) is 9.06. The number of rotatable bonds is 7. The molecule has 0 fully saturated rings. The number of ether oxygens (including phenoxy) is 2. The van der Waals surface area contributed by atoms with Gasteiger partial charge in [-0.2, -0.15) is 0 Å². The van der Waals surface area contributed by atoms with Crippen molar-refractivity contribution in [1.29, 1.82) is 0 Å². The lowest BCUT2D eigenvalue weighted by molar-refractivity contribution is -0.118. The molecular formula is C22H18ClNO4. The molecule has 0 saturated heterocycles. The maximum absolute atomic E-state index is 12.3. The van der Waals surface area contributed by atoms with Gasteiger partial charge in [0.15, 0.2) is 18.1 Å². The summed E-state index contributed by atoms with van der Waals surface area (Å²) in [4.78, 5) is 24.1. The topological polar surface area (TPSA) is 64.6 Å². The number of anilines is 1. The zero-order valence-corrected chi connectivity index (χ0v) is 15.9. The van der Waals surface area contributed by atoms with Crippen LogP contribution in [0.3, 0.4) is 0 Å². The van der Waals surface area contributed by atoms with Crippen molar-refractivity contribution in [3.63, 3.8) is 0 Å². The minimum Gasteiger partial charge on any atom is -0.483 e. The smallest absolute Gasteiger partial charge is 0.262 e. The molecule has 0 aliphatic carbocycles. The fourth-order valence-corrected chi connectivity index (χ4v) is 2.68. The van der Waals surface area contributed by atoms with Crippen LogP contribution in [0.2, 0.25) is 5.02 Å². The van der Waals surface area contributed by atoms with Crippen molar-refractivity contribution < 1.29 is 19.1 Å². The zero-order chi connectivity index (χ0) is 19.9. The summed E-state index contributed by atoms with van der Waals surface area (Å²) >= 11 is 5.91. The second-order valence-corrected chi connectivity index (χ2v) is 6.38. The Kier molecular flexibility index (Phi) is 6.29. The molecule has 5 nitrogen and oxygen atoms in total. The van der Waals surface area contributed by atoms with Crippen molar-refractivity contribution in [3.05, 3.63) is 83.4 Å². The summed E-state index contributed by atoms with van der Waals surface area (Å²) in [6, 6.07) is 21.1. The van der Waals surface area contributed by atoms with Crippen LogP contribution in [0.15, 0.2) is 72.8 Å². The molecule has 3 rings (SSSR count). The highest BCUT2D eigenvalue weighted by molar-refractivity contribution is 6.31. The van der Waals surface area contributed by atoms with E-state index < -0.39 is 0 Å². The van der Waals surface area contributed by atoms with Crippen molar-refractivity contribution in [3.8, 4) is 17.2 Å². The van der Waals surface area contributed by atoms with Crippen molar-refractivity contribution in [2.75, 3.05) is 11.9 Å². The molecule has 28 heavy (non-hydrogen) atoms. The van der Waals surface area contributed by atoms with E-state index in [4.69, 9.17) is 21.1 Å². The first-order chi connectivity index (χ1) is 13.5. The van der Waals surface area contributed by atoms with Gasteiger partial charge >= 0.3 is 0 Å². The molecule has 0 radical (unpaired) electrons. The molecule has 0 bridgehead atoms. The number of Topliss-reactive ketones (excluding diaryl/α,β-unsaturated/α-hetero) is 1. The summed E-state index contributed by atoms with van der Waals surface area (Å²) in [5, 5.41) is 3.19. The molecular weight excluding hydrogens is 378 g/mol. The number of carbonyl (C=O) groups is 2. The van der Waals surface area contributed by atoms with Crippen molar-refractivity contribution >= 4 is 29.0 Å². The summed E-state index contributed by atoms with van der Waals surface area (Å²) in [7, 11) is 0. The summed E-state index contributed by atoms with van der Waals surface area (Å²) in [5.74, 6) is 0.902. The quantitative estimate of drug-likeness (QED) is 0.547. The van der Waals surface area contributed by atoms with Crippen LogP contribution in [0.25, 0.3) is 0 Å². The van der Waals surface area contributed by atoms with Crippen LogP contribution >= 0.6 is 11.6 Å². The van der Waals surface area contributed by atoms with Crippen LogP contribution in [0.5, 0.6) is 17.2 Å². The van der Waals surface area contributed by atoms with Gasteiger partial charge in [-0.15, -0.1) is 0 Å². The van der Waals surface area contributed by atoms with Crippen LogP contribution in [-0.4, -0.2) is 18.3 Å². The molecule has 1 amide bonds. The van der Waals surface area contributed by atoms with E-state index in [0.29, 0.717) is 33.5 Å². The Bertz CT molecular complexity index is 989. The Labute approximate surface area is 167 Å². The first-order valence-electron chi connectivity index (χ1n) is 8.58. The average molecular weight is 396 g/mol. The molecule has 0 saturated carbocycles. The monoisotopic (exact) mass is 395 g/mol. The summed E-state index contributed by atoms with van der Waals surface area (Å²) in [5.41, 5.74) is 0.843. The fourth-order valence-electron chi connectivity index (χ4n) is 2.51. The molecule has 3 aromatic rings. The van der Waals surface area contributed by atoms with Gasteiger partial charge in [0.25, 0.3) is 5.91 Å². The summed E-state index contributed by atoms with van der Waals surface area (Å²) < 4.78 is 11.3. The molecule has 0 atom stereocenters. The van der Waals surface area contributed by atoms with Crippen LogP contribution < -0.4 is 14.8 Å². The highest BCUT2D eigenvalue weighted by Crippen LogP contribution is 2.29. The highest BCUT2D eigenvalue weighted by Gasteiger charge is 2.13. The lowest BCUT2D eigenvalue weighted by Gasteiger charge is -2.13. The maximum atomic E-state index is 12.3. The van der Waals surface area contributed by atoms with Gasteiger partial charge in [-0.1, -0.05) is 41.9 Å². The van der Waals surface area contributed by atoms with E-state index in [-0.39, 0.29) is 18.3 Å². The van der Waals surface area contributed by atoms with Gasteiger partial charge in [-0.3, -0.25) is 9.59 Å². The Balaban J connectivity index is 1.67. The number of amides is 1. The van der Waals surface area contributed by atoms with E-state index in [2.05, 4.69) is 5.32 Å². The third-order valence-electron chi connectivity index (χ3n) is 3.81. The number of carbonyl (C=O) groups excluding carboxylic acids is 2. The number of hydrogen-bond acceptors (Lipinski definition) is 4. The predicted octanol–water partition coefficient (Wildman–Crippen LogP) is 5.35. The van der Waals surface area contributed by atoms with Gasteiger partial charge in [0.1, 0.15) is 11.5 Å². The van der Waals surface area contributed by atoms with Gasteiger partial charge in [0.2, 0.25) is 0 Å². The van der Waals surface area contributed by atoms with Crippen molar-refractivity contribution in [2.45, 2.75) is 6.92 Å². The molecule has 0 aliphatic rings. The number of nitrogens with one attached hydrogen (secondary N) is 1. The Morgan fingerprint density at radius 3 is 2.39 bits per heavy atom. The normalized spacial score (nSPS) is 10.2. The minimum atomic E-state index is -0.381. The van der Waals surface area contributed by atoms with Crippen molar-refractivity contribution in [2.24, 2.45) is 0 Å². The molecule has 0 unspecified atom stereocenters. The van der Waals surface area contributed by atoms with Crippen molar-refractivity contribution in [1.82, 2.24) is 0 Å². The predicted molar refractivity (Wildman–Crippen MR) is 109 cm³/mol. The summed E-state index contributed by atoms with van der Waals surface area (Å²) in [6.07, 6.45) is 0. The van der Waals surface area contributed by atoms with E-state index in [9.17, 15) is 9.59 Å².